The van der Waals surface area contributed by atoms with Crippen LogP contribution in [-0.2, 0) is 4.74 Å². The van der Waals surface area contributed by atoms with Crippen molar-refractivity contribution in [2.24, 2.45) is 0 Å². The van der Waals surface area contributed by atoms with Gasteiger partial charge in [-0.2, -0.15) is 0 Å². The van der Waals surface area contributed by atoms with Crippen molar-refractivity contribution in [2.75, 3.05) is 19.7 Å². The fourth-order valence-electron chi connectivity index (χ4n) is 4.11. The van der Waals surface area contributed by atoms with Gasteiger partial charge < -0.3 is 19.1 Å². The van der Waals surface area contributed by atoms with E-state index in [0.717, 1.165) is 24.1 Å². The number of hydrogen-bond donors (Lipinski definition) is 1. The highest BCUT2D eigenvalue weighted by Gasteiger charge is 2.45. The van der Waals surface area contributed by atoms with E-state index < -0.39 is 5.60 Å². The molecule has 2 aliphatic rings. The van der Waals surface area contributed by atoms with Gasteiger partial charge in [-0.05, 0) is 50.8 Å². The predicted molar refractivity (Wildman–Crippen MR) is 93.6 cm³/mol. The lowest BCUT2D eigenvalue weighted by molar-refractivity contribution is -0.170. The van der Waals surface area contributed by atoms with Crippen molar-refractivity contribution in [1.29, 1.82) is 0 Å². The topological polar surface area (TPSA) is 67.1 Å². The van der Waals surface area contributed by atoms with Crippen molar-refractivity contribution in [3.63, 3.8) is 0 Å². The molecule has 25 heavy (non-hydrogen) atoms. The van der Waals surface area contributed by atoms with E-state index >= 15 is 0 Å². The third-order valence-corrected chi connectivity index (χ3v) is 5.55. The number of hydrogen-bond acceptors (Lipinski definition) is 4. The van der Waals surface area contributed by atoms with E-state index in [1.54, 1.807) is 6.20 Å². The van der Waals surface area contributed by atoms with Gasteiger partial charge in [-0.25, -0.2) is 4.98 Å². The van der Waals surface area contributed by atoms with Gasteiger partial charge in [-0.1, -0.05) is 0 Å². The Morgan fingerprint density at radius 3 is 2.80 bits per heavy atom. The van der Waals surface area contributed by atoms with Crippen LogP contribution in [0.1, 0.15) is 48.7 Å². The first kappa shape index (κ1) is 16.5. The molecule has 2 aliphatic heterocycles. The summed E-state index contributed by atoms with van der Waals surface area (Å²) in [5.41, 5.74) is 1.46. The van der Waals surface area contributed by atoms with Crippen LogP contribution in [0.5, 0.6) is 0 Å². The summed E-state index contributed by atoms with van der Waals surface area (Å²) in [6.45, 7) is 5.77. The summed E-state index contributed by atoms with van der Waals surface area (Å²) in [5.74, 6) is -0.0289. The van der Waals surface area contributed by atoms with Crippen LogP contribution >= 0.6 is 0 Å². The number of pyridine rings is 1. The number of likely N-dealkylation sites (tertiary alicyclic amines) is 1. The zero-order valence-electron chi connectivity index (χ0n) is 14.9. The van der Waals surface area contributed by atoms with E-state index in [9.17, 15) is 9.90 Å². The summed E-state index contributed by atoms with van der Waals surface area (Å²) < 4.78 is 7.90. The molecule has 2 saturated heterocycles. The first-order chi connectivity index (χ1) is 11.9. The van der Waals surface area contributed by atoms with Gasteiger partial charge in [0, 0.05) is 31.9 Å². The van der Waals surface area contributed by atoms with Crippen LogP contribution in [0.25, 0.3) is 5.65 Å². The SMILES string of the molecule is Cc1ccn2cc(C(=O)N3CCC4(CC3)CC(C)(O)CCO4)nc2c1. The molecule has 2 aromatic rings. The average Bonchev–Trinajstić information content (AvgIpc) is 2.97. The van der Waals surface area contributed by atoms with Crippen molar-refractivity contribution in [3.05, 3.63) is 35.8 Å². The molecule has 0 aliphatic carbocycles. The fourth-order valence-corrected chi connectivity index (χ4v) is 4.11. The molecular formula is C19H25N3O3. The molecule has 1 atom stereocenters. The predicted octanol–water partition coefficient (Wildman–Crippen LogP) is 2.18. The van der Waals surface area contributed by atoms with Gasteiger partial charge in [0.25, 0.3) is 5.91 Å². The highest BCUT2D eigenvalue weighted by atomic mass is 16.5. The highest BCUT2D eigenvalue weighted by molar-refractivity contribution is 5.93. The number of piperidine rings is 1. The Balaban J connectivity index is 1.47. The zero-order valence-corrected chi connectivity index (χ0v) is 14.9. The van der Waals surface area contributed by atoms with E-state index in [0.29, 0.717) is 38.2 Å². The minimum absolute atomic E-state index is 0.0289. The van der Waals surface area contributed by atoms with Gasteiger partial charge >= 0.3 is 0 Å². The smallest absolute Gasteiger partial charge is 0.274 e. The van der Waals surface area contributed by atoms with Gasteiger partial charge in [-0.15, -0.1) is 0 Å². The molecule has 0 radical (unpaired) electrons. The standard InChI is InChI=1S/C19H25N3O3/c1-14-3-7-22-12-15(20-16(22)11-14)17(23)21-8-4-19(5-9-21)13-18(2,24)6-10-25-19/h3,7,11-12,24H,4-6,8-10,13H2,1-2H3. The Morgan fingerprint density at radius 1 is 1.32 bits per heavy atom. The summed E-state index contributed by atoms with van der Waals surface area (Å²) in [5, 5.41) is 10.4. The van der Waals surface area contributed by atoms with Crippen molar-refractivity contribution in [3.8, 4) is 0 Å². The second kappa shape index (κ2) is 5.81. The Morgan fingerprint density at radius 2 is 2.08 bits per heavy atom. The second-order valence-corrected chi connectivity index (χ2v) is 7.84. The molecule has 1 N–H and O–H groups in total. The summed E-state index contributed by atoms with van der Waals surface area (Å²) in [7, 11) is 0. The molecule has 2 fully saturated rings. The third-order valence-electron chi connectivity index (χ3n) is 5.55. The number of fused-ring (bicyclic) bond motifs is 1. The van der Waals surface area contributed by atoms with Crippen molar-refractivity contribution in [1.82, 2.24) is 14.3 Å². The van der Waals surface area contributed by atoms with Gasteiger partial charge in [0.15, 0.2) is 0 Å². The molecule has 2 aromatic heterocycles. The normalized spacial score (nSPS) is 26.3. The summed E-state index contributed by atoms with van der Waals surface area (Å²) >= 11 is 0. The van der Waals surface area contributed by atoms with E-state index in [-0.39, 0.29) is 11.5 Å². The molecule has 0 saturated carbocycles. The lowest BCUT2D eigenvalue weighted by Crippen LogP contribution is -2.54. The minimum Gasteiger partial charge on any atom is -0.390 e. The maximum atomic E-state index is 12.8. The van der Waals surface area contributed by atoms with Crippen LogP contribution in [0.4, 0.5) is 0 Å². The average molecular weight is 343 g/mol. The molecule has 1 spiro atoms. The first-order valence-corrected chi connectivity index (χ1v) is 8.97. The number of carbonyl (C=O) groups excluding carboxylic acids is 1. The van der Waals surface area contributed by atoms with E-state index in [1.165, 1.54) is 0 Å². The second-order valence-electron chi connectivity index (χ2n) is 7.84. The Bertz CT molecular complexity index is 803. The number of rotatable bonds is 1. The Labute approximate surface area is 147 Å². The van der Waals surface area contributed by atoms with Gasteiger partial charge in [0.1, 0.15) is 11.3 Å². The largest absolute Gasteiger partial charge is 0.390 e. The van der Waals surface area contributed by atoms with E-state index in [2.05, 4.69) is 4.98 Å². The van der Waals surface area contributed by atoms with E-state index in [1.807, 2.05) is 41.5 Å². The quantitative estimate of drug-likeness (QED) is 0.862. The van der Waals surface area contributed by atoms with Crippen LogP contribution in [-0.4, -0.2) is 56.2 Å². The molecule has 134 valence electrons. The molecule has 0 bridgehead atoms. The fraction of sp³-hybridized carbons (Fsp3) is 0.579. The molecule has 1 unspecified atom stereocenters. The maximum Gasteiger partial charge on any atom is 0.274 e. The Kier molecular flexibility index (Phi) is 3.85. The summed E-state index contributed by atoms with van der Waals surface area (Å²) in [6.07, 6.45) is 6.58. The number of amides is 1. The van der Waals surface area contributed by atoms with Crippen LogP contribution in [0.3, 0.4) is 0 Å². The highest BCUT2D eigenvalue weighted by Crippen LogP contribution is 2.39. The molecule has 0 aromatic carbocycles. The monoisotopic (exact) mass is 343 g/mol. The molecule has 6 nitrogen and oxygen atoms in total. The van der Waals surface area contributed by atoms with Gasteiger partial charge in [0.05, 0.1) is 17.8 Å². The third kappa shape index (κ3) is 3.16. The van der Waals surface area contributed by atoms with Crippen molar-refractivity contribution >= 4 is 11.6 Å². The number of aliphatic hydroxyl groups is 1. The Hall–Kier alpha value is -1.92. The van der Waals surface area contributed by atoms with Crippen LogP contribution in [0, 0.1) is 6.92 Å². The van der Waals surface area contributed by atoms with Crippen LogP contribution < -0.4 is 0 Å². The lowest BCUT2D eigenvalue weighted by atomic mass is 9.78. The first-order valence-electron chi connectivity index (χ1n) is 8.97. The number of ether oxygens (including phenoxy) is 1. The summed E-state index contributed by atoms with van der Waals surface area (Å²) in [6, 6.07) is 3.97. The number of aryl methyl sites for hydroxylation is 1. The molecule has 4 rings (SSSR count). The summed E-state index contributed by atoms with van der Waals surface area (Å²) in [4.78, 5) is 19.1. The molecule has 6 heteroatoms. The van der Waals surface area contributed by atoms with Crippen LogP contribution in [0.2, 0.25) is 0 Å². The number of aromatic nitrogens is 2. The zero-order chi connectivity index (χ0) is 17.7. The molecular weight excluding hydrogens is 318 g/mol. The maximum absolute atomic E-state index is 12.8. The van der Waals surface area contributed by atoms with Crippen molar-refractivity contribution in [2.45, 2.75) is 50.7 Å². The number of nitrogens with zero attached hydrogens (tertiary/aromatic N) is 3. The van der Waals surface area contributed by atoms with Crippen molar-refractivity contribution < 1.29 is 14.6 Å². The minimum atomic E-state index is -0.663. The number of imidazole rings is 1. The molecule has 4 heterocycles. The molecule has 1 amide bonds. The number of carbonyl (C=O) groups is 1. The van der Waals surface area contributed by atoms with Gasteiger partial charge in [-0.3, -0.25) is 4.79 Å². The lowest BCUT2D eigenvalue weighted by Gasteiger charge is -2.48. The van der Waals surface area contributed by atoms with Gasteiger partial charge in [0.2, 0.25) is 0 Å². The van der Waals surface area contributed by atoms with E-state index in [4.69, 9.17) is 4.74 Å². The van der Waals surface area contributed by atoms with Crippen LogP contribution in [0.15, 0.2) is 24.5 Å².